The van der Waals surface area contributed by atoms with Gasteiger partial charge >= 0.3 is 0 Å². The average Bonchev–Trinajstić information content (AvgIpc) is 2.88. The molecule has 0 aromatic heterocycles. The van der Waals surface area contributed by atoms with Crippen molar-refractivity contribution < 1.29 is 14.3 Å². The van der Waals surface area contributed by atoms with Crippen molar-refractivity contribution in [1.29, 1.82) is 0 Å². The average molecular weight is 505 g/mol. The highest BCUT2D eigenvalue weighted by Crippen LogP contribution is 2.29. The van der Waals surface area contributed by atoms with Crippen molar-refractivity contribution in [3.8, 4) is 11.5 Å². The molecule has 4 aromatic rings. The molecule has 0 saturated carbocycles. The van der Waals surface area contributed by atoms with Gasteiger partial charge in [0, 0.05) is 9.92 Å². The molecule has 0 aliphatic rings. The van der Waals surface area contributed by atoms with Gasteiger partial charge in [-0.05, 0) is 77.4 Å². The Labute approximate surface area is 214 Å². The third kappa shape index (κ3) is 7.25. The molecule has 0 radical (unpaired) electrons. The zero-order valence-corrected chi connectivity index (χ0v) is 20.8. The first kappa shape index (κ1) is 24.6. The summed E-state index contributed by atoms with van der Waals surface area (Å²) in [6.07, 6.45) is 1.58. The summed E-state index contributed by atoms with van der Waals surface area (Å²) >= 11 is 7.30. The van der Waals surface area contributed by atoms with Crippen LogP contribution < -0.4 is 14.9 Å². The minimum absolute atomic E-state index is 0.193. The lowest BCUT2D eigenvalue weighted by Gasteiger charge is -2.13. The van der Waals surface area contributed by atoms with Gasteiger partial charge in [-0.25, -0.2) is 5.43 Å². The molecule has 0 aliphatic heterocycles. The molecule has 0 atom stereocenters. The first-order valence-corrected chi connectivity index (χ1v) is 12.5. The van der Waals surface area contributed by atoms with E-state index in [0.717, 1.165) is 16.0 Å². The normalized spacial score (nSPS) is 11.0. The van der Waals surface area contributed by atoms with Crippen molar-refractivity contribution in [3.05, 3.63) is 101 Å². The molecule has 0 bridgehead atoms. The highest BCUT2D eigenvalue weighted by molar-refractivity contribution is 8.00. The predicted octanol–water partition coefficient (Wildman–Crippen LogP) is 6.71. The van der Waals surface area contributed by atoms with Crippen LogP contribution >= 0.6 is 23.4 Å². The molecule has 178 valence electrons. The van der Waals surface area contributed by atoms with E-state index in [9.17, 15) is 4.79 Å². The number of carbonyl (C=O) groups excluding carboxylic acids is 1. The first-order valence-electron chi connectivity index (χ1n) is 11.2. The maximum atomic E-state index is 12.1. The van der Waals surface area contributed by atoms with E-state index in [0.29, 0.717) is 29.7 Å². The smallest absolute Gasteiger partial charge is 0.250 e. The van der Waals surface area contributed by atoms with Crippen molar-refractivity contribution in [2.45, 2.75) is 18.4 Å². The SMILES string of the molecule is CCOc1cc(/C=N\NC(=O)CSc2ccc(Cl)cc2)ccc1OCc1ccc2ccccc2c1. The Morgan fingerprint density at radius 2 is 1.74 bits per heavy atom. The van der Waals surface area contributed by atoms with Crippen LogP contribution in [0.4, 0.5) is 0 Å². The lowest BCUT2D eigenvalue weighted by atomic mass is 10.1. The van der Waals surface area contributed by atoms with Crippen molar-refractivity contribution in [1.82, 2.24) is 5.43 Å². The fourth-order valence-electron chi connectivity index (χ4n) is 3.37. The monoisotopic (exact) mass is 504 g/mol. The van der Waals surface area contributed by atoms with Crippen LogP contribution in [-0.4, -0.2) is 24.5 Å². The number of ether oxygens (including phenoxy) is 2. The number of carbonyl (C=O) groups is 1. The molecule has 0 aliphatic carbocycles. The molecular formula is C28H25ClN2O3S. The summed E-state index contributed by atoms with van der Waals surface area (Å²) in [6.45, 7) is 2.86. The second-order valence-electron chi connectivity index (χ2n) is 7.65. The number of thioether (sulfide) groups is 1. The molecule has 0 spiro atoms. The van der Waals surface area contributed by atoms with E-state index in [-0.39, 0.29) is 11.7 Å². The number of hydrazone groups is 1. The maximum Gasteiger partial charge on any atom is 0.250 e. The fraction of sp³-hybridized carbons (Fsp3) is 0.143. The van der Waals surface area contributed by atoms with E-state index in [1.165, 1.54) is 22.5 Å². The number of benzene rings is 4. The minimum atomic E-state index is -0.193. The van der Waals surface area contributed by atoms with E-state index in [2.05, 4.69) is 40.9 Å². The van der Waals surface area contributed by atoms with Crippen LogP contribution in [0.15, 0.2) is 94.9 Å². The largest absolute Gasteiger partial charge is 0.490 e. The quantitative estimate of drug-likeness (QED) is 0.148. The summed E-state index contributed by atoms with van der Waals surface area (Å²) in [6, 6.07) is 27.5. The first-order chi connectivity index (χ1) is 17.1. The number of nitrogens with zero attached hydrogens (tertiary/aromatic N) is 1. The number of hydrogen-bond donors (Lipinski definition) is 1. The van der Waals surface area contributed by atoms with Crippen molar-refractivity contribution >= 4 is 46.3 Å². The molecule has 5 nitrogen and oxygen atoms in total. The van der Waals surface area contributed by atoms with Gasteiger partial charge < -0.3 is 9.47 Å². The highest BCUT2D eigenvalue weighted by Gasteiger charge is 2.08. The van der Waals surface area contributed by atoms with Gasteiger partial charge in [-0.1, -0.05) is 48.0 Å². The zero-order chi connectivity index (χ0) is 24.5. The third-order valence-electron chi connectivity index (χ3n) is 5.06. The molecule has 0 fully saturated rings. The van der Waals surface area contributed by atoms with Crippen LogP contribution in [0.25, 0.3) is 10.8 Å². The Morgan fingerprint density at radius 1 is 0.943 bits per heavy atom. The van der Waals surface area contributed by atoms with Crippen LogP contribution in [0, 0.1) is 0 Å². The second kappa shape index (κ2) is 12.3. The molecule has 0 saturated heterocycles. The van der Waals surface area contributed by atoms with Crippen molar-refractivity contribution in [3.63, 3.8) is 0 Å². The van der Waals surface area contributed by atoms with Crippen LogP contribution in [0.1, 0.15) is 18.1 Å². The van der Waals surface area contributed by atoms with E-state index < -0.39 is 0 Å². The van der Waals surface area contributed by atoms with Gasteiger partial charge in [0.25, 0.3) is 0 Å². The standard InChI is InChI=1S/C28H25ClN2O3S/c1-2-33-27-16-20(17-30-31-28(32)19-35-25-12-10-24(29)11-13-25)8-14-26(27)34-18-21-7-9-22-5-3-4-6-23(22)15-21/h3-17H,2,18-19H2,1H3,(H,31,32)/b30-17-. The lowest BCUT2D eigenvalue weighted by molar-refractivity contribution is -0.118. The van der Waals surface area contributed by atoms with Gasteiger partial charge in [0.1, 0.15) is 6.61 Å². The Bertz CT molecular complexity index is 1330. The molecule has 1 N–H and O–H groups in total. The van der Waals surface area contributed by atoms with Gasteiger partial charge in [-0.2, -0.15) is 5.10 Å². The summed E-state index contributed by atoms with van der Waals surface area (Å²) in [7, 11) is 0. The van der Waals surface area contributed by atoms with Crippen LogP contribution in [0.3, 0.4) is 0 Å². The Hall–Kier alpha value is -3.48. The lowest BCUT2D eigenvalue weighted by Crippen LogP contribution is -2.19. The predicted molar refractivity (Wildman–Crippen MR) is 144 cm³/mol. The van der Waals surface area contributed by atoms with Crippen LogP contribution in [-0.2, 0) is 11.4 Å². The van der Waals surface area contributed by atoms with Gasteiger partial charge in [0.2, 0.25) is 5.91 Å². The molecule has 1 amide bonds. The Morgan fingerprint density at radius 3 is 2.54 bits per heavy atom. The second-order valence-corrected chi connectivity index (χ2v) is 9.13. The molecule has 35 heavy (non-hydrogen) atoms. The molecular weight excluding hydrogens is 480 g/mol. The van der Waals surface area contributed by atoms with E-state index in [1.807, 2.05) is 49.4 Å². The zero-order valence-electron chi connectivity index (χ0n) is 19.2. The number of nitrogens with one attached hydrogen (secondary N) is 1. The van der Waals surface area contributed by atoms with E-state index in [1.54, 1.807) is 18.3 Å². The Kier molecular flexibility index (Phi) is 8.65. The summed E-state index contributed by atoms with van der Waals surface area (Å²) in [5.41, 5.74) is 4.42. The van der Waals surface area contributed by atoms with Gasteiger partial charge in [-0.3, -0.25) is 4.79 Å². The van der Waals surface area contributed by atoms with Gasteiger partial charge in [0.05, 0.1) is 18.6 Å². The molecule has 4 rings (SSSR count). The number of hydrogen-bond acceptors (Lipinski definition) is 5. The topological polar surface area (TPSA) is 59.9 Å². The summed E-state index contributed by atoms with van der Waals surface area (Å²) in [4.78, 5) is 13.0. The fourth-order valence-corrected chi connectivity index (χ4v) is 4.19. The number of fused-ring (bicyclic) bond motifs is 1. The number of amides is 1. The molecule has 0 heterocycles. The Balaban J connectivity index is 1.33. The van der Waals surface area contributed by atoms with Gasteiger partial charge in [0.15, 0.2) is 11.5 Å². The molecule has 7 heteroatoms. The summed E-state index contributed by atoms with van der Waals surface area (Å²) in [5, 5.41) is 7.11. The summed E-state index contributed by atoms with van der Waals surface area (Å²) in [5.74, 6) is 1.34. The molecule has 0 unspecified atom stereocenters. The van der Waals surface area contributed by atoms with E-state index >= 15 is 0 Å². The maximum absolute atomic E-state index is 12.1. The van der Waals surface area contributed by atoms with Crippen LogP contribution in [0.2, 0.25) is 5.02 Å². The summed E-state index contributed by atoms with van der Waals surface area (Å²) < 4.78 is 11.8. The third-order valence-corrected chi connectivity index (χ3v) is 6.33. The molecule has 4 aromatic carbocycles. The number of halogens is 1. The minimum Gasteiger partial charge on any atom is -0.490 e. The highest BCUT2D eigenvalue weighted by atomic mass is 35.5. The van der Waals surface area contributed by atoms with Gasteiger partial charge in [-0.15, -0.1) is 11.8 Å². The van der Waals surface area contributed by atoms with Crippen LogP contribution in [0.5, 0.6) is 11.5 Å². The van der Waals surface area contributed by atoms with Crippen molar-refractivity contribution in [2.75, 3.05) is 12.4 Å². The van der Waals surface area contributed by atoms with E-state index in [4.69, 9.17) is 21.1 Å². The number of rotatable bonds is 10. The van der Waals surface area contributed by atoms with Crippen molar-refractivity contribution in [2.24, 2.45) is 5.10 Å².